The van der Waals surface area contributed by atoms with Gasteiger partial charge < -0.3 is 10.5 Å². The van der Waals surface area contributed by atoms with Crippen LogP contribution in [0.5, 0.6) is 5.75 Å². The fourth-order valence-electron chi connectivity index (χ4n) is 1.95. The first-order valence-electron chi connectivity index (χ1n) is 6.34. The predicted molar refractivity (Wildman–Crippen MR) is 79.7 cm³/mol. The van der Waals surface area contributed by atoms with Crippen molar-refractivity contribution in [1.29, 1.82) is 5.26 Å². The Balaban J connectivity index is 2.17. The lowest BCUT2D eigenvalue weighted by atomic mass is 10.1. The van der Waals surface area contributed by atoms with Crippen LogP contribution in [-0.2, 0) is 13.0 Å². The van der Waals surface area contributed by atoms with Gasteiger partial charge in [0.1, 0.15) is 12.4 Å². The molecular formula is C16H15ClN2O. The van der Waals surface area contributed by atoms with Gasteiger partial charge in [0.25, 0.3) is 0 Å². The van der Waals surface area contributed by atoms with E-state index in [1.165, 1.54) is 0 Å². The van der Waals surface area contributed by atoms with Crippen LogP contribution in [0.1, 0.15) is 16.7 Å². The van der Waals surface area contributed by atoms with Crippen molar-refractivity contribution < 1.29 is 4.74 Å². The van der Waals surface area contributed by atoms with Gasteiger partial charge in [-0.15, -0.1) is 0 Å². The molecule has 0 spiro atoms. The van der Waals surface area contributed by atoms with Gasteiger partial charge in [0, 0.05) is 10.6 Å². The van der Waals surface area contributed by atoms with Crippen LogP contribution in [0, 0.1) is 11.3 Å². The number of nitrogens with zero attached hydrogens (tertiary/aromatic N) is 1. The first-order valence-corrected chi connectivity index (χ1v) is 6.71. The zero-order chi connectivity index (χ0) is 14.4. The topological polar surface area (TPSA) is 59.0 Å². The summed E-state index contributed by atoms with van der Waals surface area (Å²) in [6.07, 6.45) is 0.704. The molecule has 0 saturated heterocycles. The second-order valence-corrected chi connectivity index (χ2v) is 4.78. The van der Waals surface area contributed by atoms with Crippen molar-refractivity contribution >= 4 is 11.6 Å². The predicted octanol–water partition coefficient (Wildman–Crippen LogP) is 3.29. The fraction of sp³-hybridized carbons (Fsp3) is 0.188. The summed E-state index contributed by atoms with van der Waals surface area (Å²) in [5.41, 5.74) is 8.06. The molecule has 0 bridgehead atoms. The lowest BCUT2D eigenvalue weighted by Gasteiger charge is -2.12. The second-order valence-electron chi connectivity index (χ2n) is 4.35. The Bertz CT molecular complexity index is 635. The highest BCUT2D eigenvalue weighted by Crippen LogP contribution is 2.24. The molecule has 4 heteroatoms. The van der Waals surface area contributed by atoms with Crippen molar-refractivity contribution in [2.45, 2.75) is 13.0 Å². The maximum atomic E-state index is 9.05. The minimum atomic E-state index is 0.350. The van der Waals surface area contributed by atoms with E-state index < -0.39 is 0 Å². The summed E-state index contributed by atoms with van der Waals surface area (Å²) in [5, 5.41) is 9.72. The lowest BCUT2D eigenvalue weighted by molar-refractivity contribution is 0.302. The number of rotatable bonds is 5. The van der Waals surface area contributed by atoms with Crippen molar-refractivity contribution in [2.24, 2.45) is 5.73 Å². The minimum absolute atomic E-state index is 0.350. The number of benzene rings is 2. The molecule has 0 heterocycles. The van der Waals surface area contributed by atoms with Crippen LogP contribution in [0.2, 0.25) is 5.02 Å². The Kier molecular flexibility index (Phi) is 5.00. The normalized spacial score (nSPS) is 10.1. The molecule has 0 fully saturated rings. The molecule has 0 aromatic heterocycles. The van der Waals surface area contributed by atoms with Crippen LogP contribution in [0.4, 0.5) is 0 Å². The van der Waals surface area contributed by atoms with E-state index in [0.29, 0.717) is 30.2 Å². The summed E-state index contributed by atoms with van der Waals surface area (Å²) < 4.78 is 5.81. The highest BCUT2D eigenvalue weighted by Gasteiger charge is 2.06. The second kappa shape index (κ2) is 6.95. The third-order valence-electron chi connectivity index (χ3n) is 2.96. The van der Waals surface area contributed by atoms with Crippen LogP contribution in [0.25, 0.3) is 0 Å². The monoisotopic (exact) mass is 286 g/mol. The van der Waals surface area contributed by atoms with Crippen LogP contribution in [0.15, 0.2) is 42.5 Å². The molecule has 0 saturated carbocycles. The molecule has 0 aliphatic rings. The number of nitriles is 1. The van der Waals surface area contributed by atoms with Gasteiger partial charge in [-0.1, -0.05) is 29.8 Å². The van der Waals surface area contributed by atoms with E-state index in [0.717, 1.165) is 16.9 Å². The zero-order valence-electron chi connectivity index (χ0n) is 11.0. The van der Waals surface area contributed by atoms with Crippen LogP contribution in [0.3, 0.4) is 0 Å². The molecule has 2 N–H and O–H groups in total. The van der Waals surface area contributed by atoms with Crippen molar-refractivity contribution in [2.75, 3.05) is 6.54 Å². The van der Waals surface area contributed by atoms with Crippen LogP contribution < -0.4 is 10.5 Å². The fourth-order valence-corrected chi connectivity index (χ4v) is 2.15. The van der Waals surface area contributed by atoms with Gasteiger partial charge in [-0.3, -0.25) is 0 Å². The molecule has 20 heavy (non-hydrogen) atoms. The van der Waals surface area contributed by atoms with E-state index in [4.69, 9.17) is 27.3 Å². The van der Waals surface area contributed by atoms with Crippen molar-refractivity contribution in [3.05, 3.63) is 64.2 Å². The summed E-state index contributed by atoms with van der Waals surface area (Å²) >= 11 is 5.98. The minimum Gasteiger partial charge on any atom is -0.489 e. The number of nitrogens with two attached hydrogens (primary N) is 1. The molecule has 0 radical (unpaired) electrons. The molecule has 0 amide bonds. The Morgan fingerprint density at radius 1 is 1.15 bits per heavy atom. The third-order valence-corrected chi connectivity index (χ3v) is 3.19. The summed E-state index contributed by atoms with van der Waals surface area (Å²) in [6, 6.07) is 15.0. The standard InChI is InChI=1S/C16H15ClN2O/c17-15-5-6-16(12(9-15)7-8-18)20-11-14-4-2-1-3-13(14)10-19/h1-6,9H,7-8,11,18H2. The first kappa shape index (κ1) is 14.4. The van der Waals surface area contributed by atoms with Crippen molar-refractivity contribution in [3.8, 4) is 11.8 Å². The Morgan fingerprint density at radius 3 is 2.70 bits per heavy atom. The summed E-state index contributed by atoms with van der Waals surface area (Å²) in [4.78, 5) is 0. The van der Waals surface area contributed by atoms with Gasteiger partial charge in [-0.2, -0.15) is 5.26 Å². The maximum absolute atomic E-state index is 9.05. The number of ether oxygens (including phenoxy) is 1. The quantitative estimate of drug-likeness (QED) is 0.917. The number of hydrogen-bond donors (Lipinski definition) is 1. The van der Waals surface area contributed by atoms with Gasteiger partial charge >= 0.3 is 0 Å². The van der Waals surface area contributed by atoms with Gasteiger partial charge in [0.2, 0.25) is 0 Å². The molecule has 2 aromatic carbocycles. The van der Waals surface area contributed by atoms with E-state index in [1.54, 1.807) is 12.1 Å². The Morgan fingerprint density at radius 2 is 1.95 bits per heavy atom. The highest BCUT2D eigenvalue weighted by atomic mass is 35.5. The molecule has 0 unspecified atom stereocenters. The van der Waals surface area contributed by atoms with Crippen LogP contribution in [-0.4, -0.2) is 6.54 Å². The van der Waals surface area contributed by atoms with E-state index in [-0.39, 0.29) is 0 Å². The molecule has 0 atom stereocenters. The summed E-state index contributed by atoms with van der Waals surface area (Å²) in [5.74, 6) is 0.757. The number of halogens is 1. The van der Waals surface area contributed by atoms with Gasteiger partial charge in [-0.05, 0) is 42.8 Å². The number of hydrogen-bond acceptors (Lipinski definition) is 3. The van der Waals surface area contributed by atoms with Gasteiger partial charge in [0.05, 0.1) is 11.6 Å². The Labute approximate surface area is 123 Å². The van der Waals surface area contributed by atoms with E-state index in [9.17, 15) is 0 Å². The van der Waals surface area contributed by atoms with E-state index in [1.807, 2.05) is 30.3 Å². The molecule has 102 valence electrons. The van der Waals surface area contributed by atoms with E-state index >= 15 is 0 Å². The summed E-state index contributed by atoms with van der Waals surface area (Å²) in [6.45, 7) is 0.883. The molecule has 3 nitrogen and oxygen atoms in total. The molecule has 2 rings (SSSR count). The highest BCUT2D eigenvalue weighted by molar-refractivity contribution is 6.30. The average Bonchev–Trinajstić information content (AvgIpc) is 2.47. The molecule has 0 aliphatic heterocycles. The van der Waals surface area contributed by atoms with Crippen molar-refractivity contribution in [3.63, 3.8) is 0 Å². The zero-order valence-corrected chi connectivity index (χ0v) is 11.7. The van der Waals surface area contributed by atoms with Gasteiger partial charge in [0.15, 0.2) is 0 Å². The first-order chi connectivity index (χ1) is 9.74. The smallest absolute Gasteiger partial charge is 0.123 e. The summed E-state index contributed by atoms with van der Waals surface area (Å²) in [7, 11) is 0. The Hall–Kier alpha value is -2.02. The van der Waals surface area contributed by atoms with Crippen LogP contribution >= 0.6 is 11.6 Å². The molecule has 2 aromatic rings. The van der Waals surface area contributed by atoms with Gasteiger partial charge in [-0.25, -0.2) is 0 Å². The SMILES string of the molecule is N#Cc1ccccc1COc1ccc(Cl)cc1CCN. The maximum Gasteiger partial charge on any atom is 0.123 e. The molecule has 0 aliphatic carbocycles. The lowest BCUT2D eigenvalue weighted by Crippen LogP contribution is -2.06. The molecular weight excluding hydrogens is 272 g/mol. The van der Waals surface area contributed by atoms with Crippen molar-refractivity contribution in [1.82, 2.24) is 0 Å². The van der Waals surface area contributed by atoms with E-state index in [2.05, 4.69) is 6.07 Å². The largest absolute Gasteiger partial charge is 0.489 e. The third kappa shape index (κ3) is 3.51. The average molecular weight is 287 g/mol.